The van der Waals surface area contributed by atoms with Crippen LogP contribution in [0.1, 0.15) is 18.4 Å². The monoisotopic (exact) mass is 414 g/mol. The van der Waals surface area contributed by atoms with Crippen molar-refractivity contribution in [2.24, 2.45) is 5.92 Å². The van der Waals surface area contributed by atoms with Gasteiger partial charge in [0.25, 0.3) is 0 Å². The van der Waals surface area contributed by atoms with Crippen LogP contribution < -0.4 is 14.8 Å². The summed E-state index contributed by atoms with van der Waals surface area (Å²) in [6.07, 6.45) is 2.55. The van der Waals surface area contributed by atoms with E-state index in [2.05, 4.69) is 5.32 Å². The molecule has 2 aliphatic rings. The van der Waals surface area contributed by atoms with E-state index in [1.165, 1.54) is 9.71 Å². The third-order valence-corrected chi connectivity index (χ3v) is 6.62. The van der Waals surface area contributed by atoms with Crippen molar-refractivity contribution in [2.75, 3.05) is 25.2 Å². The normalized spacial score (nSPS) is 17.5. The lowest BCUT2D eigenvalue weighted by molar-refractivity contribution is -0.120. The molecule has 0 saturated carbocycles. The van der Waals surface area contributed by atoms with Gasteiger partial charge in [-0.3, -0.25) is 4.79 Å². The quantitative estimate of drug-likeness (QED) is 0.813. The number of benzene rings is 2. The molecule has 29 heavy (non-hydrogen) atoms. The summed E-state index contributed by atoms with van der Waals surface area (Å²) in [5.74, 6) is 0.921. The van der Waals surface area contributed by atoms with Crippen LogP contribution in [0.3, 0.4) is 0 Å². The van der Waals surface area contributed by atoms with E-state index in [1.807, 2.05) is 30.3 Å². The van der Waals surface area contributed by atoms with Crippen molar-refractivity contribution < 1.29 is 22.7 Å². The van der Waals surface area contributed by atoms with Gasteiger partial charge in [-0.15, -0.1) is 0 Å². The second kappa shape index (κ2) is 8.26. The Morgan fingerprint density at radius 3 is 2.52 bits per heavy atom. The standard InChI is InChI=1S/C21H22N2O5S/c24-21(22-18-6-7-19-20(14-18)28-15-27-19)17-8-11-23(12-9-17)29(25,26)13-10-16-4-2-1-3-5-16/h1-7,10,13-14,17H,8-9,11-12,15H2,(H,22,24). The molecular formula is C21H22N2O5S. The van der Waals surface area contributed by atoms with Gasteiger partial charge in [0.2, 0.25) is 22.7 Å². The van der Waals surface area contributed by atoms with Gasteiger partial charge in [0, 0.05) is 36.2 Å². The summed E-state index contributed by atoms with van der Waals surface area (Å²) in [4.78, 5) is 12.6. The van der Waals surface area contributed by atoms with Crippen molar-refractivity contribution in [1.82, 2.24) is 4.31 Å². The van der Waals surface area contributed by atoms with Crippen LogP contribution in [0.15, 0.2) is 53.9 Å². The second-order valence-corrected chi connectivity index (χ2v) is 8.81. The van der Waals surface area contributed by atoms with Crippen LogP contribution in [0.5, 0.6) is 11.5 Å². The molecule has 1 saturated heterocycles. The minimum absolute atomic E-state index is 0.110. The SMILES string of the molecule is O=C(Nc1ccc2c(c1)OCO2)C1CCN(S(=O)(=O)C=Cc2ccccc2)CC1. The first-order valence-electron chi connectivity index (χ1n) is 9.45. The summed E-state index contributed by atoms with van der Waals surface area (Å²) in [5.41, 5.74) is 1.47. The molecule has 2 aliphatic heterocycles. The molecule has 8 heteroatoms. The van der Waals surface area contributed by atoms with Crippen molar-refractivity contribution in [3.63, 3.8) is 0 Å². The number of piperidine rings is 1. The number of anilines is 1. The van der Waals surface area contributed by atoms with E-state index in [0.717, 1.165) is 5.56 Å². The Hall–Kier alpha value is -2.84. The highest BCUT2D eigenvalue weighted by Gasteiger charge is 2.30. The minimum Gasteiger partial charge on any atom is -0.454 e. The third-order valence-electron chi connectivity index (χ3n) is 5.06. The fraction of sp³-hybridized carbons (Fsp3) is 0.286. The maximum absolute atomic E-state index is 12.6. The predicted octanol–water partition coefficient (Wildman–Crippen LogP) is 3.07. The summed E-state index contributed by atoms with van der Waals surface area (Å²) in [6, 6.07) is 14.5. The molecule has 7 nitrogen and oxygen atoms in total. The molecule has 0 atom stereocenters. The van der Waals surface area contributed by atoms with E-state index in [-0.39, 0.29) is 18.6 Å². The number of amides is 1. The highest BCUT2D eigenvalue weighted by atomic mass is 32.2. The van der Waals surface area contributed by atoms with Crippen molar-refractivity contribution >= 4 is 27.7 Å². The maximum atomic E-state index is 12.6. The number of hydrogen-bond donors (Lipinski definition) is 1. The van der Waals surface area contributed by atoms with E-state index < -0.39 is 10.0 Å². The van der Waals surface area contributed by atoms with Crippen molar-refractivity contribution in [3.8, 4) is 11.5 Å². The summed E-state index contributed by atoms with van der Waals surface area (Å²) >= 11 is 0. The lowest BCUT2D eigenvalue weighted by Crippen LogP contribution is -2.40. The van der Waals surface area contributed by atoms with E-state index in [9.17, 15) is 13.2 Å². The number of ether oxygens (including phenoxy) is 2. The smallest absolute Gasteiger partial charge is 0.236 e. The summed E-state index contributed by atoms with van der Waals surface area (Å²) in [5, 5.41) is 4.12. The zero-order valence-corrected chi connectivity index (χ0v) is 16.6. The molecule has 0 bridgehead atoms. The van der Waals surface area contributed by atoms with Gasteiger partial charge >= 0.3 is 0 Å². The number of nitrogens with zero attached hydrogens (tertiary/aromatic N) is 1. The van der Waals surface area contributed by atoms with Gasteiger partial charge in [-0.25, -0.2) is 8.42 Å². The largest absolute Gasteiger partial charge is 0.454 e. The molecule has 0 spiro atoms. The maximum Gasteiger partial charge on any atom is 0.236 e. The Kier molecular flexibility index (Phi) is 5.55. The van der Waals surface area contributed by atoms with Crippen LogP contribution in [-0.2, 0) is 14.8 Å². The van der Waals surface area contributed by atoms with E-state index in [4.69, 9.17) is 9.47 Å². The summed E-state index contributed by atoms with van der Waals surface area (Å²) in [7, 11) is -3.51. The molecular weight excluding hydrogens is 392 g/mol. The van der Waals surface area contributed by atoms with E-state index in [0.29, 0.717) is 43.1 Å². The molecule has 0 aromatic heterocycles. The third kappa shape index (κ3) is 4.60. The Balaban J connectivity index is 1.32. The molecule has 2 aromatic carbocycles. The predicted molar refractivity (Wildman–Crippen MR) is 110 cm³/mol. The Bertz CT molecular complexity index is 1010. The van der Waals surface area contributed by atoms with Gasteiger partial charge in [0.05, 0.1) is 0 Å². The van der Waals surface area contributed by atoms with E-state index in [1.54, 1.807) is 24.3 Å². The number of sulfonamides is 1. The Labute approximate surface area is 170 Å². The average molecular weight is 414 g/mol. The lowest BCUT2D eigenvalue weighted by atomic mass is 9.97. The minimum atomic E-state index is -3.51. The fourth-order valence-corrected chi connectivity index (χ4v) is 4.63. The van der Waals surface area contributed by atoms with Gasteiger partial charge in [-0.1, -0.05) is 30.3 Å². The molecule has 0 unspecified atom stereocenters. The van der Waals surface area contributed by atoms with Crippen LogP contribution in [0.4, 0.5) is 5.69 Å². The van der Waals surface area contributed by atoms with Crippen LogP contribution in [0.25, 0.3) is 6.08 Å². The first-order valence-corrected chi connectivity index (χ1v) is 11.0. The molecule has 152 valence electrons. The van der Waals surface area contributed by atoms with Gasteiger partial charge in [-0.05, 0) is 36.6 Å². The highest BCUT2D eigenvalue weighted by molar-refractivity contribution is 7.92. The average Bonchev–Trinajstić information content (AvgIpc) is 3.21. The topological polar surface area (TPSA) is 84.9 Å². The lowest BCUT2D eigenvalue weighted by Gasteiger charge is -2.29. The fourth-order valence-electron chi connectivity index (χ4n) is 3.41. The number of nitrogens with one attached hydrogen (secondary N) is 1. The van der Waals surface area contributed by atoms with Crippen LogP contribution >= 0.6 is 0 Å². The highest BCUT2D eigenvalue weighted by Crippen LogP contribution is 2.34. The van der Waals surface area contributed by atoms with Crippen LogP contribution in [-0.4, -0.2) is 38.5 Å². The van der Waals surface area contributed by atoms with E-state index >= 15 is 0 Å². The number of carbonyl (C=O) groups excluding carboxylic acids is 1. The van der Waals surface area contributed by atoms with Gasteiger partial charge in [0.1, 0.15) is 0 Å². The number of fused-ring (bicyclic) bond motifs is 1. The molecule has 4 rings (SSSR count). The second-order valence-electron chi connectivity index (χ2n) is 6.99. The van der Waals surface area contributed by atoms with Gasteiger partial charge in [0.15, 0.2) is 11.5 Å². The van der Waals surface area contributed by atoms with Gasteiger partial charge in [-0.2, -0.15) is 4.31 Å². The zero-order chi connectivity index (χ0) is 20.3. The van der Waals surface area contributed by atoms with Crippen molar-refractivity contribution in [3.05, 3.63) is 59.5 Å². The molecule has 2 aromatic rings. The molecule has 1 fully saturated rings. The number of hydrogen-bond acceptors (Lipinski definition) is 5. The first kappa shape index (κ1) is 19.5. The zero-order valence-electron chi connectivity index (χ0n) is 15.8. The Morgan fingerprint density at radius 2 is 1.76 bits per heavy atom. The molecule has 0 aliphatic carbocycles. The molecule has 1 amide bonds. The molecule has 1 N–H and O–H groups in total. The van der Waals surface area contributed by atoms with Crippen molar-refractivity contribution in [1.29, 1.82) is 0 Å². The summed E-state index contributed by atoms with van der Waals surface area (Å²) < 4.78 is 37.1. The van der Waals surface area contributed by atoms with Crippen molar-refractivity contribution in [2.45, 2.75) is 12.8 Å². The molecule has 0 radical (unpaired) electrons. The van der Waals surface area contributed by atoms with Gasteiger partial charge < -0.3 is 14.8 Å². The number of carbonyl (C=O) groups is 1. The molecule has 2 heterocycles. The summed E-state index contributed by atoms with van der Waals surface area (Å²) in [6.45, 7) is 0.819. The number of rotatable bonds is 5. The Morgan fingerprint density at radius 1 is 1.03 bits per heavy atom. The first-order chi connectivity index (χ1) is 14.0. The van der Waals surface area contributed by atoms with Crippen LogP contribution in [0, 0.1) is 5.92 Å². The van der Waals surface area contributed by atoms with Crippen LogP contribution in [0.2, 0.25) is 0 Å².